The smallest absolute Gasteiger partial charge is 0.119 e. The standard InChI is InChI=1S/C88H72N2O/c1-4-64-31-35-69(36-32-64)70-41-39-67(40-42-70)63(3)59-66(5-2)68-37-33-65(34-38-68)62-91-83-55-49-76(50-56-83)88(75-21-11-6-12-22-75)86-60-73(71-43-51-81(52-44-71)89(77-23-13-7-14-24-77)78-25-15-8-16-26-78)47-57-84(86)85-58-48-74(61-87(85)88)72-45-53-82(54-46-72)90(79-27-17-9-18-28-79)80-29-19-10-20-30-80/h4,6-58,60-61,63,66H,1,5,59,62H2,2-3H3. The number of para-hydroxylation sites is 4. The van der Waals surface area contributed by atoms with Crippen molar-refractivity contribution in [2.24, 2.45) is 0 Å². The molecule has 0 heterocycles. The van der Waals surface area contributed by atoms with Crippen LogP contribution in [-0.4, -0.2) is 0 Å². The van der Waals surface area contributed by atoms with Crippen LogP contribution in [-0.2, 0) is 12.0 Å². The maximum Gasteiger partial charge on any atom is 0.119 e. The van der Waals surface area contributed by atoms with E-state index in [9.17, 15) is 0 Å². The molecule has 2 unspecified atom stereocenters. The van der Waals surface area contributed by atoms with Gasteiger partial charge in [-0.05, 0) is 211 Å². The first kappa shape index (κ1) is 57.7. The minimum absolute atomic E-state index is 0.426. The van der Waals surface area contributed by atoms with Gasteiger partial charge in [-0.3, -0.25) is 0 Å². The molecule has 440 valence electrons. The summed E-state index contributed by atoms with van der Waals surface area (Å²) < 4.78 is 6.70. The lowest BCUT2D eigenvalue weighted by molar-refractivity contribution is 0.306. The lowest BCUT2D eigenvalue weighted by Gasteiger charge is -2.34. The SMILES string of the molecule is C=Cc1ccc(-c2ccc(C(C)CC(CC)c3ccc(COc4ccc(C5(c6ccccc6)c6cc(-c7ccc(N(c8ccccc8)c8ccccc8)cc7)ccc6-c6ccc(-c7ccc(N(c8ccccc8)c8ccccc8)cc7)cc65)cc4)cc3)cc2)cc1. The molecule has 13 aromatic carbocycles. The summed E-state index contributed by atoms with van der Waals surface area (Å²) in [6, 6.07) is 122. The van der Waals surface area contributed by atoms with Crippen LogP contribution in [0, 0.1) is 0 Å². The van der Waals surface area contributed by atoms with E-state index in [-0.39, 0.29) is 0 Å². The van der Waals surface area contributed by atoms with Crippen LogP contribution < -0.4 is 14.5 Å². The van der Waals surface area contributed by atoms with E-state index in [1.54, 1.807) is 0 Å². The van der Waals surface area contributed by atoms with Gasteiger partial charge < -0.3 is 14.5 Å². The zero-order valence-electron chi connectivity index (χ0n) is 51.6. The number of benzene rings is 13. The molecular weight excluding hydrogens is 1100 g/mol. The van der Waals surface area contributed by atoms with Crippen LogP contribution in [0.4, 0.5) is 34.1 Å². The molecule has 0 radical (unpaired) electrons. The monoisotopic (exact) mass is 1170 g/mol. The minimum Gasteiger partial charge on any atom is -0.489 e. The zero-order chi connectivity index (χ0) is 61.5. The van der Waals surface area contributed by atoms with Gasteiger partial charge in [-0.1, -0.05) is 263 Å². The maximum atomic E-state index is 6.70. The Hall–Kier alpha value is -11.0. The number of fused-ring (bicyclic) bond motifs is 3. The van der Waals surface area contributed by atoms with Crippen LogP contribution in [0.1, 0.15) is 83.0 Å². The Morgan fingerprint density at radius 2 is 0.736 bits per heavy atom. The second kappa shape index (κ2) is 26.0. The van der Waals surface area contributed by atoms with Gasteiger partial charge >= 0.3 is 0 Å². The Morgan fingerprint density at radius 1 is 0.374 bits per heavy atom. The van der Waals surface area contributed by atoms with Gasteiger partial charge in [0.05, 0.1) is 5.41 Å². The highest BCUT2D eigenvalue weighted by Crippen LogP contribution is 2.58. The summed E-state index contributed by atoms with van der Waals surface area (Å²) in [5, 5.41) is 0. The van der Waals surface area contributed by atoms with Crippen molar-refractivity contribution in [3.63, 3.8) is 0 Å². The quantitative estimate of drug-likeness (QED) is 0.0756. The molecule has 0 saturated carbocycles. The number of hydrogen-bond acceptors (Lipinski definition) is 3. The van der Waals surface area contributed by atoms with Gasteiger partial charge in [0.1, 0.15) is 12.4 Å². The third kappa shape index (κ3) is 11.7. The summed E-state index contributed by atoms with van der Waals surface area (Å²) in [5.41, 5.74) is 25.4. The van der Waals surface area contributed by atoms with E-state index in [4.69, 9.17) is 4.74 Å². The Balaban J connectivity index is 0.783. The molecule has 0 aromatic heterocycles. The Kier molecular flexibility index (Phi) is 16.5. The second-order valence-corrected chi connectivity index (χ2v) is 24.0. The molecule has 0 bridgehead atoms. The molecule has 0 aliphatic heterocycles. The van der Waals surface area contributed by atoms with Crippen LogP contribution in [0.3, 0.4) is 0 Å². The molecule has 0 spiro atoms. The molecule has 13 aromatic rings. The largest absolute Gasteiger partial charge is 0.489 e. The van der Waals surface area contributed by atoms with Crippen LogP contribution in [0.5, 0.6) is 5.75 Å². The fourth-order valence-corrected chi connectivity index (χ4v) is 13.7. The minimum atomic E-state index is -0.684. The van der Waals surface area contributed by atoms with Crippen molar-refractivity contribution >= 4 is 40.2 Å². The van der Waals surface area contributed by atoms with Crippen LogP contribution >= 0.6 is 0 Å². The molecule has 2 atom stereocenters. The van der Waals surface area contributed by atoms with Crippen molar-refractivity contribution in [2.75, 3.05) is 9.80 Å². The number of anilines is 6. The van der Waals surface area contributed by atoms with Crippen LogP contribution in [0.15, 0.2) is 340 Å². The van der Waals surface area contributed by atoms with Gasteiger partial charge in [-0.2, -0.15) is 0 Å². The van der Waals surface area contributed by atoms with Crippen molar-refractivity contribution < 1.29 is 4.74 Å². The van der Waals surface area contributed by atoms with Gasteiger partial charge in [0.25, 0.3) is 0 Å². The van der Waals surface area contributed by atoms with Crippen LogP contribution in [0.25, 0.3) is 50.6 Å². The first-order chi connectivity index (χ1) is 44.9. The molecule has 0 fully saturated rings. The third-order valence-corrected chi connectivity index (χ3v) is 18.6. The first-order valence-electron chi connectivity index (χ1n) is 31.9. The number of ether oxygens (including phenoxy) is 1. The normalized spacial score (nSPS) is 12.7. The molecule has 0 saturated heterocycles. The van der Waals surface area contributed by atoms with E-state index < -0.39 is 5.41 Å². The van der Waals surface area contributed by atoms with E-state index in [2.05, 4.69) is 364 Å². The van der Waals surface area contributed by atoms with E-state index >= 15 is 0 Å². The highest BCUT2D eigenvalue weighted by atomic mass is 16.5. The molecular formula is C88H72N2O. The molecule has 3 nitrogen and oxygen atoms in total. The summed E-state index contributed by atoms with van der Waals surface area (Å²) in [4.78, 5) is 4.63. The number of rotatable bonds is 20. The molecule has 1 aliphatic rings. The highest BCUT2D eigenvalue weighted by Gasteiger charge is 2.46. The van der Waals surface area contributed by atoms with Gasteiger partial charge in [0, 0.05) is 34.1 Å². The van der Waals surface area contributed by atoms with E-state index in [0.29, 0.717) is 18.4 Å². The fraction of sp³-hybridized carbons (Fsp3) is 0.0909. The third-order valence-electron chi connectivity index (χ3n) is 18.6. The van der Waals surface area contributed by atoms with Gasteiger partial charge in [-0.15, -0.1) is 0 Å². The van der Waals surface area contributed by atoms with Crippen LogP contribution in [0.2, 0.25) is 0 Å². The number of nitrogens with zero attached hydrogens (tertiary/aromatic N) is 2. The Bertz CT molecular complexity index is 4300. The van der Waals surface area contributed by atoms with Crippen molar-refractivity contribution in [1.82, 2.24) is 0 Å². The molecule has 91 heavy (non-hydrogen) atoms. The second-order valence-electron chi connectivity index (χ2n) is 24.0. The van der Waals surface area contributed by atoms with Gasteiger partial charge in [0.2, 0.25) is 0 Å². The van der Waals surface area contributed by atoms with Gasteiger partial charge in [0.15, 0.2) is 0 Å². The maximum absolute atomic E-state index is 6.70. The summed E-state index contributed by atoms with van der Waals surface area (Å²) in [5.74, 6) is 1.71. The Morgan fingerprint density at radius 3 is 1.16 bits per heavy atom. The zero-order valence-corrected chi connectivity index (χ0v) is 51.6. The average molecular weight is 1170 g/mol. The predicted octanol–water partition coefficient (Wildman–Crippen LogP) is 23.9. The average Bonchev–Trinajstić information content (AvgIpc) is 1.56. The van der Waals surface area contributed by atoms with Crippen molar-refractivity contribution in [2.45, 2.75) is 50.5 Å². The van der Waals surface area contributed by atoms with E-state index in [1.807, 2.05) is 6.08 Å². The summed E-state index contributed by atoms with van der Waals surface area (Å²) >= 11 is 0. The van der Waals surface area contributed by atoms with Crippen molar-refractivity contribution in [1.29, 1.82) is 0 Å². The summed E-state index contributed by atoms with van der Waals surface area (Å²) in [6.07, 6.45) is 4.05. The molecule has 3 heteroatoms. The number of hydrogen-bond donors (Lipinski definition) is 0. The lowest BCUT2D eigenvalue weighted by Crippen LogP contribution is -2.28. The first-order valence-corrected chi connectivity index (χ1v) is 31.9. The topological polar surface area (TPSA) is 15.7 Å². The molecule has 1 aliphatic carbocycles. The molecule has 0 N–H and O–H groups in total. The fourth-order valence-electron chi connectivity index (χ4n) is 13.7. The van der Waals surface area contributed by atoms with E-state index in [0.717, 1.165) is 86.1 Å². The van der Waals surface area contributed by atoms with Crippen molar-refractivity contribution in [3.8, 4) is 50.3 Å². The summed E-state index contributed by atoms with van der Waals surface area (Å²) in [7, 11) is 0. The highest BCUT2D eigenvalue weighted by molar-refractivity contribution is 5.91. The predicted molar refractivity (Wildman–Crippen MR) is 383 cm³/mol. The molecule has 0 amide bonds. The van der Waals surface area contributed by atoms with E-state index in [1.165, 1.54) is 55.6 Å². The molecule has 14 rings (SSSR count). The summed E-state index contributed by atoms with van der Waals surface area (Å²) in [6.45, 7) is 9.05. The Labute approximate surface area is 537 Å². The van der Waals surface area contributed by atoms with Crippen molar-refractivity contribution in [3.05, 3.63) is 385 Å². The van der Waals surface area contributed by atoms with Gasteiger partial charge in [-0.25, -0.2) is 0 Å². The lowest BCUT2D eigenvalue weighted by atomic mass is 9.67.